The van der Waals surface area contributed by atoms with Gasteiger partial charge in [-0.15, -0.1) is 0 Å². The first kappa shape index (κ1) is 15.0. The molecule has 0 atom stereocenters. The zero-order valence-corrected chi connectivity index (χ0v) is 11.5. The molecular formula is C14H21N3O2. The highest BCUT2D eigenvalue weighted by Gasteiger charge is 2.11. The van der Waals surface area contributed by atoms with E-state index in [1.54, 1.807) is 0 Å². The molecule has 0 heterocycles. The molecule has 1 rings (SSSR count). The number of anilines is 1. The van der Waals surface area contributed by atoms with Gasteiger partial charge in [0, 0.05) is 18.8 Å². The fraction of sp³-hybridized carbons (Fsp3) is 0.429. The lowest BCUT2D eigenvalue weighted by Gasteiger charge is -2.22. The van der Waals surface area contributed by atoms with Gasteiger partial charge in [-0.2, -0.15) is 0 Å². The Kier molecular flexibility index (Phi) is 6.43. The minimum absolute atomic E-state index is 0.167. The summed E-state index contributed by atoms with van der Waals surface area (Å²) in [5.41, 5.74) is 0.967. The van der Waals surface area contributed by atoms with Crippen molar-refractivity contribution >= 4 is 17.6 Å². The van der Waals surface area contributed by atoms with E-state index in [1.165, 1.54) is 0 Å². The summed E-state index contributed by atoms with van der Waals surface area (Å²) in [6, 6.07) is 9.21. The quantitative estimate of drug-likeness (QED) is 0.822. The molecule has 0 aliphatic heterocycles. The average Bonchev–Trinajstić information content (AvgIpc) is 2.43. The molecule has 0 aliphatic carbocycles. The molecular weight excluding hydrogens is 242 g/mol. The molecule has 19 heavy (non-hydrogen) atoms. The van der Waals surface area contributed by atoms with Crippen LogP contribution in [-0.2, 0) is 4.79 Å². The number of amides is 3. The number of nitrogens with zero attached hydrogens (tertiary/aromatic N) is 1. The molecule has 1 aromatic rings. The number of rotatable bonds is 6. The highest BCUT2D eigenvalue weighted by Crippen LogP contribution is 2.11. The van der Waals surface area contributed by atoms with E-state index in [9.17, 15) is 9.59 Å². The Labute approximate surface area is 114 Å². The molecule has 0 bridgehead atoms. The Hall–Kier alpha value is -2.04. The van der Waals surface area contributed by atoms with E-state index in [-0.39, 0.29) is 12.5 Å². The van der Waals surface area contributed by atoms with Crippen LogP contribution in [-0.4, -0.2) is 31.6 Å². The van der Waals surface area contributed by atoms with Crippen LogP contribution in [0.1, 0.15) is 20.3 Å². The van der Waals surface area contributed by atoms with Gasteiger partial charge in [0.25, 0.3) is 0 Å². The first-order valence-corrected chi connectivity index (χ1v) is 6.55. The number of imide groups is 1. The van der Waals surface area contributed by atoms with Crippen molar-refractivity contribution in [3.05, 3.63) is 30.3 Å². The van der Waals surface area contributed by atoms with Crippen molar-refractivity contribution in [1.29, 1.82) is 0 Å². The van der Waals surface area contributed by atoms with Crippen LogP contribution in [0, 0.1) is 0 Å². The molecule has 5 nitrogen and oxygen atoms in total. The molecule has 1 aromatic carbocycles. The number of hydrogen-bond acceptors (Lipinski definition) is 3. The number of likely N-dealkylation sites (N-methyl/N-ethyl adjacent to an activating group) is 1. The van der Waals surface area contributed by atoms with E-state index < -0.39 is 6.03 Å². The molecule has 0 saturated heterocycles. The van der Waals surface area contributed by atoms with Gasteiger partial charge in [0.15, 0.2) is 0 Å². The fourth-order valence-corrected chi connectivity index (χ4v) is 1.65. The third-order valence-corrected chi connectivity index (χ3v) is 2.63. The maximum atomic E-state index is 11.7. The Morgan fingerprint density at radius 2 is 1.84 bits per heavy atom. The first-order valence-electron chi connectivity index (χ1n) is 6.55. The van der Waals surface area contributed by atoms with Crippen molar-refractivity contribution in [2.24, 2.45) is 0 Å². The lowest BCUT2D eigenvalue weighted by Crippen LogP contribution is -2.44. The van der Waals surface area contributed by atoms with E-state index in [0.717, 1.165) is 12.1 Å². The smallest absolute Gasteiger partial charge is 0.321 e. The second-order valence-corrected chi connectivity index (χ2v) is 4.15. The monoisotopic (exact) mass is 263 g/mol. The number of para-hydroxylation sites is 1. The normalized spacial score (nSPS) is 9.79. The highest BCUT2D eigenvalue weighted by molar-refractivity contribution is 5.96. The molecule has 0 fully saturated rings. The summed E-state index contributed by atoms with van der Waals surface area (Å²) in [6.45, 7) is 5.36. The summed E-state index contributed by atoms with van der Waals surface area (Å²) in [6.07, 6.45) is 0.840. The van der Waals surface area contributed by atoms with E-state index in [4.69, 9.17) is 0 Å². The molecule has 0 spiro atoms. The number of hydrogen-bond donors (Lipinski definition) is 2. The number of benzene rings is 1. The van der Waals surface area contributed by atoms with Crippen molar-refractivity contribution in [2.75, 3.05) is 24.5 Å². The average molecular weight is 263 g/mol. The highest BCUT2D eigenvalue weighted by atomic mass is 16.2. The van der Waals surface area contributed by atoms with E-state index in [2.05, 4.69) is 10.6 Å². The lowest BCUT2D eigenvalue weighted by atomic mass is 10.3. The third-order valence-electron chi connectivity index (χ3n) is 2.63. The van der Waals surface area contributed by atoms with Crippen molar-refractivity contribution in [3.63, 3.8) is 0 Å². The van der Waals surface area contributed by atoms with Crippen LogP contribution in [0.5, 0.6) is 0 Å². The van der Waals surface area contributed by atoms with Crippen molar-refractivity contribution in [2.45, 2.75) is 20.3 Å². The lowest BCUT2D eigenvalue weighted by molar-refractivity contribution is -0.118. The van der Waals surface area contributed by atoms with Gasteiger partial charge in [0.2, 0.25) is 5.91 Å². The van der Waals surface area contributed by atoms with Crippen LogP contribution in [0.3, 0.4) is 0 Å². The van der Waals surface area contributed by atoms with Gasteiger partial charge in [-0.3, -0.25) is 10.1 Å². The Morgan fingerprint density at radius 1 is 1.16 bits per heavy atom. The van der Waals surface area contributed by atoms with Crippen molar-refractivity contribution in [1.82, 2.24) is 10.6 Å². The predicted octanol–water partition coefficient (Wildman–Crippen LogP) is 1.75. The van der Waals surface area contributed by atoms with E-state index in [0.29, 0.717) is 13.1 Å². The molecule has 0 aliphatic rings. The Bertz CT molecular complexity index is 406. The van der Waals surface area contributed by atoms with Crippen molar-refractivity contribution in [3.8, 4) is 0 Å². The molecule has 104 valence electrons. The van der Waals surface area contributed by atoms with E-state index in [1.807, 2.05) is 49.1 Å². The summed E-state index contributed by atoms with van der Waals surface area (Å²) < 4.78 is 0. The van der Waals surface area contributed by atoms with Crippen LogP contribution in [0.15, 0.2) is 30.3 Å². The van der Waals surface area contributed by atoms with Crippen LogP contribution >= 0.6 is 0 Å². The predicted molar refractivity (Wildman–Crippen MR) is 76.2 cm³/mol. The molecule has 0 saturated carbocycles. The van der Waals surface area contributed by atoms with Crippen molar-refractivity contribution < 1.29 is 9.59 Å². The summed E-state index contributed by atoms with van der Waals surface area (Å²) >= 11 is 0. The first-order chi connectivity index (χ1) is 9.17. The summed E-state index contributed by atoms with van der Waals surface area (Å²) in [7, 11) is 0. The molecule has 5 heteroatoms. The maximum Gasteiger partial charge on any atom is 0.321 e. The second kappa shape index (κ2) is 8.13. The number of carbonyl (C=O) groups is 2. The Morgan fingerprint density at radius 3 is 2.42 bits per heavy atom. The third kappa shape index (κ3) is 5.42. The SMILES string of the molecule is CCCNC(=O)NC(=O)CN(CC)c1ccccc1. The zero-order chi connectivity index (χ0) is 14.1. The molecule has 3 amide bonds. The van der Waals surface area contributed by atoms with E-state index >= 15 is 0 Å². The topological polar surface area (TPSA) is 61.4 Å². The number of carbonyl (C=O) groups excluding carboxylic acids is 2. The Balaban J connectivity index is 2.48. The fourth-order valence-electron chi connectivity index (χ4n) is 1.65. The van der Waals surface area contributed by atoms with Crippen LogP contribution in [0.4, 0.5) is 10.5 Å². The minimum atomic E-state index is -0.434. The standard InChI is InChI=1S/C14H21N3O2/c1-3-10-15-14(19)16-13(18)11-17(4-2)12-8-6-5-7-9-12/h5-9H,3-4,10-11H2,1-2H3,(H2,15,16,18,19). The number of nitrogens with one attached hydrogen (secondary N) is 2. The van der Waals surface area contributed by atoms with Gasteiger partial charge in [-0.25, -0.2) is 4.79 Å². The van der Waals surface area contributed by atoms with Gasteiger partial charge in [0.05, 0.1) is 6.54 Å². The van der Waals surface area contributed by atoms with Crippen LogP contribution in [0.25, 0.3) is 0 Å². The van der Waals surface area contributed by atoms with Gasteiger partial charge >= 0.3 is 6.03 Å². The van der Waals surface area contributed by atoms with Gasteiger partial charge in [0.1, 0.15) is 0 Å². The summed E-state index contributed by atoms with van der Waals surface area (Å²) in [5, 5.41) is 4.92. The largest absolute Gasteiger partial charge is 0.362 e. The minimum Gasteiger partial charge on any atom is -0.362 e. The van der Waals surface area contributed by atoms with Gasteiger partial charge in [-0.1, -0.05) is 25.1 Å². The second-order valence-electron chi connectivity index (χ2n) is 4.15. The van der Waals surface area contributed by atoms with Crippen LogP contribution < -0.4 is 15.5 Å². The summed E-state index contributed by atoms with van der Waals surface area (Å²) in [4.78, 5) is 25.0. The molecule has 0 radical (unpaired) electrons. The van der Waals surface area contributed by atoms with Crippen LogP contribution in [0.2, 0.25) is 0 Å². The molecule has 2 N–H and O–H groups in total. The van der Waals surface area contributed by atoms with Gasteiger partial charge < -0.3 is 10.2 Å². The maximum absolute atomic E-state index is 11.7. The molecule has 0 aromatic heterocycles. The van der Waals surface area contributed by atoms with Gasteiger partial charge in [-0.05, 0) is 25.5 Å². The number of urea groups is 1. The zero-order valence-electron chi connectivity index (χ0n) is 11.5. The molecule has 0 unspecified atom stereocenters. The summed E-state index contributed by atoms with van der Waals surface area (Å²) in [5.74, 6) is -0.306.